The second-order valence-electron chi connectivity index (χ2n) is 3.98. The SMILES string of the molecule is Cc1cc(CCCNC(=O)c2snnc2C)on1. The summed E-state index contributed by atoms with van der Waals surface area (Å²) in [6.45, 7) is 4.25. The minimum Gasteiger partial charge on any atom is -0.361 e. The summed E-state index contributed by atoms with van der Waals surface area (Å²) in [7, 11) is 0. The van der Waals surface area contributed by atoms with E-state index in [1.807, 2.05) is 13.0 Å². The molecule has 2 heterocycles. The molecule has 2 aromatic rings. The van der Waals surface area contributed by atoms with Crippen LogP contribution in [0.15, 0.2) is 10.6 Å². The third kappa shape index (κ3) is 3.13. The summed E-state index contributed by atoms with van der Waals surface area (Å²) in [6.07, 6.45) is 1.58. The Labute approximate surface area is 109 Å². The summed E-state index contributed by atoms with van der Waals surface area (Å²) < 4.78 is 8.81. The van der Waals surface area contributed by atoms with E-state index in [2.05, 4.69) is 20.1 Å². The third-order valence-electron chi connectivity index (χ3n) is 2.42. The monoisotopic (exact) mass is 266 g/mol. The molecule has 0 saturated heterocycles. The molecular weight excluding hydrogens is 252 g/mol. The number of carbonyl (C=O) groups excluding carboxylic acids is 1. The second-order valence-corrected chi connectivity index (χ2v) is 4.74. The van der Waals surface area contributed by atoms with Crippen LogP contribution in [-0.2, 0) is 6.42 Å². The second kappa shape index (κ2) is 5.72. The molecule has 0 unspecified atom stereocenters. The van der Waals surface area contributed by atoms with E-state index in [1.165, 1.54) is 0 Å². The fraction of sp³-hybridized carbons (Fsp3) is 0.455. The van der Waals surface area contributed by atoms with Crippen LogP contribution in [0.2, 0.25) is 0 Å². The van der Waals surface area contributed by atoms with Crippen molar-refractivity contribution in [2.75, 3.05) is 6.54 Å². The molecule has 18 heavy (non-hydrogen) atoms. The summed E-state index contributed by atoms with van der Waals surface area (Å²) in [6, 6.07) is 1.90. The van der Waals surface area contributed by atoms with E-state index in [1.54, 1.807) is 6.92 Å². The number of carbonyl (C=O) groups is 1. The van der Waals surface area contributed by atoms with E-state index in [0.29, 0.717) is 17.1 Å². The van der Waals surface area contributed by atoms with Gasteiger partial charge in [-0.2, -0.15) is 0 Å². The lowest BCUT2D eigenvalue weighted by atomic mass is 10.2. The number of hydrogen-bond donors (Lipinski definition) is 1. The van der Waals surface area contributed by atoms with Gasteiger partial charge in [0.25, 0.3) is 5.91 Å². The van der Waals surface area contributed by atoms with E-state index in [0.717, 1.165) is 35.8 Å². The van der Waals surface area contributed by atoms with Gasteiger partial charge in [-0.05, 0) is 31.8 Å². The van der Waals surface area contributed by atoms with Crippen molar-refractivity contribution in [3.8, 4) is 0 Å². The van der Waals surface area contributed by atoms with Gasteiger partial charge in [-0.1, -0.05) is 9.64 Å². The first-order valence-corrected chi connectivity index (χ1v) is 6.43. The summed E-state index contributed by atoms with van der Waals surface area (Å²) in [4.78, 5) is 12.3. The van der Waals surface area contributed by atoms with Crippen molar-refractivity contribution in [2.24, 2.45) is 0 Å². The number of rotatable bonds is 5. The highest BCUT2D eigenvalue weighted by Crippen LogP contribution is 2.08. The maximum atomic E-state index is 11.7. The van der Waals surface area contributed by atoms with E-state index in [-0.39, 0.29) is 5.91 Å². The van der Waals surface area contributed by atoms with Gasteiger partial charge < -0.3 is 9.84 Å². The van der Waals surface area contributed by atoms with Crippen LogP contribution in [0, 0.1) is 13.8 Å². The maximum Gasteiger partial charge on any atom is 0.264 e. The maximum absolute atomic E-state index is 11.7. The molecule has 0 aliphatic rings. The lowest BCUT2D eigenvalue weighted by molar-refractivity contribution is 0.0956. The van der Waals surface area contributed by atoms with Crippen LogP contribution in [0.25, 0.3) is 0 Å². The average Bonchev–Trinajstić information content (AvgIpc) is 2.93. The molecule has 0 aliphatic heterocycles. The van der Waals surface area contributed by atoms with Crippen LogP contribution in [-0.4, -0.2) is 27.2 Å². The first kappa shape index (κ1) is 12.7. The Kier molecular flexibility index (Phi) is 4.03. The number of amides is 1. The zero-order chi connectivity index (χ0) is 13.0. The highest BCUT2D eigenvalue weighted by Gasteiger charge is 2.12. The van der Waals surface area contributed by atoms with Crippen LogP contribution in [0.3, 0.4) is 0 Å². The molecule has 0 atom stereocenters. The molecule has 0 fully saturated rings. The van der Waals surface area contributed by atoms with E-state index in [9.17, 15) is 4.79 Å². The topological polar surface area (TPSA) is 80.9 Å². The molecule has 1 amide bonds. The normalized spacial score (nSPS) is 10.6. The molecule has 7 heteroatoms. The molecule has 0 spiro atoms. The Morgan fingerprint density at radius 3 is 2.94 bits per heavy atom. The number of nitrogens with zero attached hydrogens (tertiary/aromatic N) is 3. The number of aromatic nitrogens is 3. The van der Waals surface area contributed by atoms with Crippen molar-refractivity contribution in [3.05, 3.63) is 28.1 Å². The summed E-state index contributed by atoms with van der Waals surface area (Å²) >= 11 is 1.11. The molecule has 0 aliphatic carbocycles. The van der Waals surface area contributed by atoms with Crippen molar-refractivity contribution < 1.29 is 9.32 Å². The van der Waals surface area contributed by atoms with Gasteiger partial charge in [-0.15, -0.1) is 5.10 Å². The lowest BCUT2D eigenvalue weighted by Gasteiger charge is -2.01. The zero-order valence-corrected chi connectivity index (χ0v) is 11.1. The largest absolute Gasteiger partial charge is 0.361 e. The molecule has 0 aromatic carbocycles. The molecule has 0 radical (unpaired) electrons. The Morgan fingerprint density at radius 2 is 2.33 bits per heavy atom. The molecule has 96 valence electrons. The quantitative estimate of drug-likeness (QED) is 0.829. The van der Waals surface area contributed by atoms with Gasteiger partial charge in [-0.25, -0.2) is 0 Å². The number of aryl methyl sites for hydroxylation is 3. The van der Waals surface area contributed by atoms with E-state index < -0.39 is 0 Å². The summed E-state index contributed by atoms with van der Waals surface area (Å²) in [5.41, 5.74) is 1.55. The van der Waals surface area contributed by atoms with Gasteiger partial charge in [0.15, 0.2) is 0 Å². The smallest absolute Gasteiger partial charge is 0.264 e. The van der Waals surface area contributed by atoms with E-state index in [4.69, 9.17) is 4.52 Å². The Hall–Kier alpha value is -1.76. The minimum absolute atomic E-state index is 0.115. The van der Waals surface area contributed by atoms with Gasteiger partial charge in [0.05, 0.1) is 11.4 Å². The predicted molar refractivity (Wildman–Crippen MR) is 66.5 cm³/mol. The molecule has 1 N–H and O–H groups in total. The van der Waals surface area contributed by atoms with Crippen LogP contribution in [0.1, 0.15) is 33.2 Å². The van der Waals surface area contributed by atoms with Crippen LogP contribution in [0.5, 0.6) is 0 Å². The highest BCUT2D eigenvalue weighted by atomic mass is 32.1. The predicted octanol–water partition coefficient (Wildman–Crippen LogP) is 1.51. The highest BCUT2D eigenvalue weighted by molar-refractivity contribution is 7.07. The molecule has 0 bridgehead atoms. The van der Waals surface area contributed by atoms with Gasteiger partial charge >= 0.3 is 0 Å². The first-order chi connectivity index (χ1) is 8.66. The summed E-state index contributed by atoms with van der Waals surface area (Å²) in [5, 5.41) is 10.4. The van der Waals surface area contributed by atoms with Crippen molar-refractivity contribution in [3.63, 3.8) is 0 Å². The van der Waals surface area contributed by atoms with Gasteiger partial charge in [0.2, 0.25) is 0 Å². The Bertz CT molecular complexity index is 535. The van der Waals surface area contributed by atoms with Crippen molar-refractivity contribution >= 4 is 17.4 Å². The zero-order valence-electron chi connectivity index (χ0n) is 10.3. The van der Waals surface area contributed by atoms with Crippen LogP contribution < -0.4 is 5.32 Å². The molecular formula is C11H14N4O2S. The lowest BCUT2D eigenvalue weighted by Crippen LogP contribution is -2.24. The van der Waals surface area contributed by atoms with Crippen LogP contribution in [0.4, 0.5) is 0 Å². The Morgan fingerprint density at radius 1 is 1.50 bits per heavy atom. The number of nitrogens with one attached hydrogen (secondary N) is 1. The Balaban J connectivity index is 1.73. The first-order valence-electron chi connectivity index (χ1n) is 5.66. The van der Waals surface area contributed by atoms with Crippen molar-refractivity contribution in [1.82, 2.24) is 20.1 Å². The molecule has 0 saturated carbocycles. The van der Waals surface area contributed by atoms with Crippen molar-refractivity contribution in [1.29, 1.82) is 0 Å². The fourth-order valence-corrected chi connectivity index (χ4v) is 2.09. The number of hydrogen-bond acceptors (Lipinski definition) is 6. The van der Waals surface area contributed by atoms with E-state index >= 15 is 0 Å². The standard InChI is InChI=1S/C11H14N4O2S/c1-7-6-9(17-14-7)4-3-5-12-11(16)10-8(2)13-15-18-10/h6H,3-5H2,1-2H3,(H,12,16). The van der Waals surface area contributed by atoms with Gasteiger partial charge in [-0.3, -0.25) is 4.79 Å². The van der Waals surface area contributed by atoms with Gasteiger partial charge in [0.1, 0.15) is 10.6 Å². The minimum atomic E-state index is -0.115. The van der Waals surface area contributed by atoms with Gasteiger partial charge in [0, 0.05) is 19.0 Å². The molecule has 6 nitrogen and oxygen atoms in total. The molecule has 2 rings (SSSR count). The average molecular weight is 266 g/mol. The summed E-state index contributed by atoms with van der Waals surface area (Å²) in [5.74, 6) is 0.730. The molecule has 2 aromatic heterocycles. The fourth-order valence-electron chi connectivity index (χ4n) is 1.52. The van der Waals surface area contributed by atoms with Crippen molar-refractivity contribution in [2.45, 2.75) is 26.7 Å². The van der Waals surface area contributed by atoms with Crippen LogP contribution >= 0.6 is 11.5 Å². The third-order valence-corrected chi connectivity index (χ3v) is 3.25.